The molecule has 2 rings (SSSR count). The summed E-state index contributed by atoms with van der Waals surface area (Å²) in [6.45, 7) is 4.25. The maximum absolute atomic E-state index is 5.97. The average molecular weight is 266 g/mol. The van der Waals surface area contributed by atoms with Crippen LogP contribution in [-0.2, 0) is 0 Å². The van der Waals surface area contributed by atoms with Crippen LogP contribution in [0.4, 0.5) is 11.6 Å². The molecular weight excluding hydrogens is 244 g/mol. The second kappa shape index (κ2) is 5.78. The molecule has 5 heteroatoms. The molecule has 0 bridgehead atoms. The van der Waals surface area contributed by atoms with Gasteiger partial charge < -0.3 is 11.1 Å². The molecule has 1 aliphatic rings. The van der Waals surface area contributed by atoms with Gasteiger partial charge in [0, 0.05) is 16.9 Å². The fourth-order valence-corrected chi connectivity index (χ4v) is 3.58. The lowest BCUT2D eigenvalue weighted by Gasteiger charge is -2.22. The summed E-state index contributed by atoms with van der Waals surface area (Å²) < 4.78 is 0. The fourth-order valence-electron chi connectivity index (χ4n) is 2.64. The summed E-state index contributed by atoms with van der Waals surface area (Å²) in [5.41, 5.74) is 7.01. The summed E-state index contributed by atoms with van der Waals surface area (Å²) in [4.78, 5) is 8.48. The first kappa shape index (κ1) is 13.5. The lowest BCUT2D eigenvalue weighted by atomic mass is 10.0. The number of nitrogens with two attached hydrogens (primary N) is 1. The molecule has 0 aromatic carbocycles. The first-order valence-electron chi connectivity index (χ1n) is 6.53. The van der Waals surface area contributed by atoms with Crippen LogP contribution in [0.2, 0.25) is 0 Å². The zero-order valence-electron chi connectivity index (χ0n) is 11.3. The van der Waals surface area contributed by atoms with Crippen molar-refractivity contribution in [2.75, 3.05) is 17.3 Å². The molecule has 2 unspecified atom stereocenters. The van der Waals surface area contributed by atoms with Gasteiger partial charge in [-0.25, -0.2) is 9.97 Å². The number of hydrogen-bond donors (Lipinski definition) is 2. The summed E-state index contributed by atoms with van der Waals surface area (Å²) in [7, 11) is 0. The van der Waals surface area contributed by atoms with E-state index in [0.29, 0.717) is 23.0 Å². The van der Waals surface area contributed by atoms with Gasteiger partial charge >= 0.3 is 0 Å². The normalized spacial score (nSPS) is 23.6. The smallest absolute Gasteiger partial charge is 0.135 e. The maximum atomic E-state index is 5.97. The van der Waals surface area contributed by atoms with E-state index in [1.165, 1.54) is 19.3 Å². The van der Waals surface area contributed by atoms with Crippen molar-refractivity contribution in [1.82, 2.24) is 9.97 Å². The van der Waals surface area contributed by atoms with Crippen LogP contribution in [0.1, 0.15) is 44.6 Å². The van der Waals surface area contributed by atoms with Crippen molar-refractivity contribution >= 4 is 23.4 Å². The minimum Gasteiger partial charge on any atom is -0.383 e. The van der Waals surface area contributed by atoms with Crippen molar-refractivity contribution in [3.8, 4) is 0 Å². The second-order valence-corrected chi connectivity index (χ2v) is 6.21. The van der Waals surface area contributed by atoms with Crippen LogP contribution in [0.15, 0.2) is 6.33 Å². The minimum absolute atomic E-state index is 0.336. The summed E-state index contributed by atoms with van der Waals surface area (Å²) in [6, 6.07) is 0.506. The lowest BCUT2D eigenvalue weighted by Crippen LogP contribution is -2.27. The molecule has 1 heterocycles. The summed E-state index contributed by atoms with van der Waals surface area (Å²) >= 11 is 1.94. The van der Waals surface area contributed by atoms with E-state index in [9.17, 15) is 0 Å². The van der Waals surface area contributed by atoms with Crippen molar-refractivity contribution in [2.24, 2.45) is 0 Å². The monoisotopic (exact) mass is 266 g/mol. The zero-order valence-corrected chi connectivity index (χ0v) is 12.1. The van der Waals surface area contributed by atoms with Gasteiger partial charge in [0.2, 0.25) is 0 Å². The van der Waals surface area contributed by atoms with Crippen molar-refractivity contribution < 1.29 is 0 Å². The third kappa shape index (κ3) is 2.71. The molecule has 0 radical (unpaired) electrons. The van der Waals surface area contributed by atoms with Gasteiger partial charge in [-0.15, -0.1) is 0 Å². The highest BCUT2D eigenvalue weighted by Gasteiger charge is 2.27. The van der Waals surface area contributed by atoms with Crippen LogP contribution in [0.5, 0.6) is 0 Å². The highest BCUT2D eigenvalue weighted by Crippen LogP contribution is 2.33. The standard InChI is InChI=1S/C13H22N4S/c1-8(2)11-12(14)15-7-16-13(11)17-9-5-4-6-10(9)18-3/h7-10H,4-6H2,1-3H3,(H3,14,15,16,17). The zero-order chi connectivity index (χ0) is 13.1. The molecule has 0 amide bonds. The predicted molar refractivity (Wildman–Crippen MR) is 79.1 cm³/mol. The molecule has 0 aliphatic heterocycles. The summed E-state index contributed by atoms with van der Waals surface area (Å²) in [5, 5.41) is 4.26. The Morgan fingerprint density at radius 3 is 2.83 bits per heavy atom. The third-order valence-electron chi connectivity index (χ3n) is 3.57. The predicted octanol–water partition coefficient (Wildman–Crippen LogP) is 2.88. The van der Waals surface area contributed by atoms with E-state index < -0.39 is 0 Å². The van der Waals surface area contributed by atoms with Gasteiger partial charge in [-0.2, -0.15) is 11.8 Å². The lowest BCUT2D eigenvalue weighted by molar-refractivity contribution is 0.752. The number of anilines is 2. The van der Waals surface area contributed by atoms with E-state index in [-0.39, 0.29) is 0 Å². The molecule has 1 aromatic heterocycles. The number of nitrogen functional groups attached to an aromatic ring is 1. The van der Waals surface area contributed by atoms with Crippen molar-refractivity contribution in [3.63, 3.8) is 0 Å². The molecule has 1 fully saturated rings. The molecule has 2 atom stereocenters. The van der Waals surface area contributed by atoms with Crippen LogP contribution in [-0.4, -0.2) is 27.5 Å². The van der Waals surface area contributed by atoms with E-state index in [0.717, 1.165) is 11.4 Å². The van der Waals surface area contributed by atoms with Crippen LogP contribution < -0.4 is 11.1 Å². The number of aromatic nitrogens is 2. The Bertz CT molecular complexity index is 408. The maximum Gasteiger partial charge on any atom is 0.135 e. The van der Waals surface area contributed by atoms with Crippen molar-refractivity contribution in [2.45, 2.75) is 50.3 Å². The van der Waals surface area contributed by atoms with Gasteiger partial charge in [-0.3, -0.25) is 0 Å². The molecule has 0 spiro atoms. The average Bonchev–Trinajstić information content (AvgIpc) is 2.76. The van der Waals surface area contributed by atoms with Crippen molar-refractivity contribution in [3.05, 3.63) is 11.9 Å². The fraction of sp³-hybridized carbons (Fsp3) is 0.692. The molecule has 1 saturated carbocycles. The number of nitrogens with one attached hydrogen (secondary N) is 1. The highest BCUT2D eigenvalue weighted by atomic mass is 32.2. The van der Waals surface area contributed by atoms with Crippen LogP contribution in [0.25, 0.3) is 0 Å². The van der Waals surface area contributed by atoms with E-state index in [1.54, 1.807) is 6.33 Å². The Labute approximate surface area is 113 Å². The Hall–Kier alpha value is -0.970. The van der Waals surface area contributed by atoms with Gasteiger partial charge in [0.1, 0.15) is 18.0 Å². The van der Waals surface area contributed by atoms with Crippen LogP contribution in [0.3, 0.4) is 0 Å². The van der Waals surface area contributed by atoms with Gasteiger partial charge in [0.25, 0.3) is 0 Å². The first-order chi connectivity index (χ1) is 8.63. The summed E-state index contributed by atoms with van der Waals surface area (Å²) in [5.74, 6) is 1.85. The summed E-state index contributed by atoms with van der Waals surface area (Å²) in [6.07, 6.45) is 7.53. The molecule has 1 aromatic rings. The SMILES string of the molecule is CSC1CCCC1Nc1ncnc(N)c1C(C)C. The van der Waals surface area contributed by atoms with Gasteiger partial charge in [0.05, 0.1) is 0 Å². The van der Waals surface area contributed by atoms with E-state index in [1.807, 2.05) is 11.8 Å². The molecule has 1 aliphatic carbocycles. The van der Waals surface area contributed by atoms with Crippen LogP contribution >= 0.6 is 11.8 Å². The Balaban J connectivity index is 2.21. The van der Waals surface area contributed by atoms with Gasteiger partial charge in [-0.1, -0.05) is 20.3 Å². The molecule has 18 heavy (non-hydrogen) atoms. The molecular formula is C13H22N4S. The molecule has 100 valence electrons. The molecule has 3 N–H and O–H groups in total. The third-order valence-corrected chi connectivity index (χ3v) is 4.74. The van der Waals surface area contributed by atoms with Gasteiger partial charge in [0.15, 0.2) is 0 Å². The second-order valence-electron chi connectivity index (χ2n) is 5.13. The number of rotatable bonds is 4. The largest absolute Gasteiger partial charge is 0.383 e. The first-order valence-corrected chi connectivity index (χ1v) is 7.82. The topological polar surface area (TPSA) is 63.8 Å². The van der Waals surface area contributed by atoms with E-state index in [2.05, 4.69) is 35.4 Å². The van der Waals surface area contributed by atoms with Crippen molar-refractivity contribution in [1.29, 1.82) is 0 Å². The highest BCUT2D eigenvalue weighted by molar-refractivity contribution is 7.99. The Morgan fingerprint density at radius 2 is 2.17 bits per heavy atom. The Kier molecular flexibility index (Phi) is 4.32. The van der Waals surface area contributed by atoms with E-state index in [4.69, 9.17) is 5.73 Å². The number of hydrogen-bond acceptors (Lipinski definition) is 5. The van der Waals surface area contributed by atoms with E-state index >= 15 is 0 Å². The Morgan fingerprint density at radius 1 is 1.39 bits per heavy atom. The molecule has 0 saturated heterocycles. The van der Waals surface area contributed by atoms with Gasteiger partial charge in [-0.05, 0) is 25.0 Å². The number of thioether (sulfide) groups is 1. The van der Waals surface area contributed by atoms with Crippen LogP contribution in [0, 0.1) is 0 Å². The quantitative estimate of drug-likeness (QED) is 0.877. The number of nitrogens with zero attached hydrogens (tertiary/aromatic N) is 2. The minimum atomic E-state index is 0.336. The molecule has 4 nitrogen and oxygen atoms in total.